The number of furan rings is 1. The van der Waals surface area contributed by atoms with Crippen molar-refractivity contribution in [3.63, 3.8) is 0 Å². The van der Waals surface area contributed by atoms with Gasteiger partial charge in [0.25, 0.3) is 5.91 Å². The Bertz CT molecular complexity index is 566. The maximum Gasteiger partial charge on any atom is 0.261 e. The van der Waals surface area contributed by atoms with E-state index in [0.29, 0.717) is 11.5 Å². The highest BCUT2D eigenvalue weighted by Crippen LogP contribution is 2.19. The third kappa shape index (κ3) is 2.39. The number of aryl methyl sites for hydroxylation is 1. The second kappa shape index (κ2) is 4.47. The molecule has 0 aliphatic heterocycles. The maximum atomic E-state index is 11.8. The van der Waals surface area contributed by atoms with E-state index in [1.165, 1.54) is 18.5 Å². The molecular weight excluding hydrogens is 242 g/mol. The van der Waals surface area contributed by atoms with Gasteiger partial charge >= 0.3 is 0 Å². The fourth-order valence-corrected chi connectivity index (χ4v) is 1.47. The highest BCUT2D eigenvalue weighted by Gasteiger charge is 2.13. The SMILES string of the molecule is Cc1cc(NC(=O)c2ccoc2Cl)ncc1N. The summed E-state index contributed by atoms with van der Waals surface area (Å²) in [4.78, 5) is 15.8. The van der Waals surface area contributed by atoms with E-state index in [2.05, 4.69) is 10.3 Å². The Morgan fingerprint density at radius 3 is 2.94 bits per heavy atom. The number of carbonyl (C=O) groups is 1. The van der Waals surface area contributed by atoms with Crippen LogP contribution < -0.4 is 11.1 Å². The lowest BCUT2D eigenvalue weighted by atomic mass is 10.2. The smallest absolute Gasteiger partial charge is 0.261 e. The lowest BCUT2D eigenvalue weighted by molar-refractivity contribution is 0.102. The Labute approximate surface area is 103 Å². The predicted octanol–water partition coefficient (Wildman–Crippen LogP) is 2.47. The minimum absolute atomic E-state index is 0.0506. The summed E-state index contributed by atoms with van der Waals surface area (Å²) in [6.07, 6.45) is 2.83. The topological polar surface area (TPSA) is 81.2 Å². The normalized spacial score (nSPS) is 10.2. The summed E-state index contributed by atoms with van der Waals surface area (Å²) >= 11 is 5.69. The van der Waals surface area contributed by atoms with E-state index in [0.717, 1.165) is 5.56 Å². The molecule has 2 aromatic rings. The largest absolute Gasteiger partial charge is 0.452 e. The second-order valence-electron chi connectivity index (χ2n) is 3.49. The zero-order valence-corrected chi connectivity index (χ0v) is 9.78. The van der Waals surface area contributed by atoms with Crippen LogP contribution in [0.4, 0.5) is 11.5 Å². The predicted molar refractivity (Wildman–Crippen MR) is 65.1 cm³/mol. The highest BCUT2D eigenvalue weighted by atomic mass is 35.5. The van der Waals surface area contributed by atoms with Gasteiger partial charge < -0.3 is 15.5 Å². The Balaban J connectivity index is 2.19. The van der Waals surface area contributed by atoms with E-state index in [4.69, 9.17) is 21.8 Å². The molecule has 0 aromatic carbocycles. The van der Waals surface area contributed by atoms with E-state index in [-0.39, 0.29) is 16.7 Å². The monoisotopic (exact) mass is 251 g/mol. The number of rotatable bonds is 2. The van der Waals surface area contributed by atoms with Gasteiger partial charge in [-0.2, -0.15) is 0 Å². The van der Waals surface area contributed by atoms with Crippen molar-refractivity contribution in [3.8, 4) is 0 Å². The molecule has 0 fully saturated rings. The summed E-state index contributed by atoms with van der Waals surface area (Å²) in [6, 6.07) is 3.17. The van der Waals surface area contributed by atoms with Gasteiger partial charge in [-0.15, -0.1) is 0 Å². The van der Waals surface area contributed by atoms with Crippen LogP contribution in [-0.4, -0.2) is 10.9 Å². The van der Waals surface area contributed by atoms with E-state index in [1.54, 1.807) is 6.07 Å². The maximum absolute atomic E-state index is 11.8. The van der Waals surface area contributed by atoms with Crippen molar-refractivity contribution < 1.29 is 9.21 Å². The highest BCUT2D eigenvalue weighted by molar-refractivity contribution is 6.32. The molecule has 5 nitrogen and oxygen atoms in total. The molecule has 0 saturated heterocycles. The fourth-order valence-electron chi connectivity index (χ4n) is 1.27. The van der Waals surface area contributed by atoms with Crippen molar-refractivity contribution in [1.82, 2.24) is 4.98 Å². The molecule has 3 N–H and O–H groups in total. The fraction of sp³-hybridized carbons (Fsp3) is 0.0909. The molecule has 0 aliphatic rings. The molecule has 2 aromatic heterocycles. The number of nitrogens with zero attached hydrogens (tertiary/aromatic N) is 1. The van der Waals surface area contributed by atoms with Gasteiger partial charge in [-0.3, -0.25) is 4.79 Å². The van der Waals surface area contributed by atoms with Crippen molar-refractivity contribution in [2.45, 2.75) is 6.92 Å². The molecule has 17 heavy (non-hydrogen) atoms. The number of hydrogen-bond donors (Lipinski definition) is 2. The second-order valence-corrected chi connectivity index (χ2v) is 3.83. The summed E-state index contributed by atoms with van der Waals surface area (Å²) < 4.78 is 4.83. The number of pyridine rings is 1. The number of nitrogens with two attached hydrogens (primary N) is 1. The number of nitrogen functional groups attached to an aromatic ring is 1. The first kappa shape index (κ1) is 11.5. The number of aromatic nitrogens is 1. The van der Waals surface area contributed by atoms with Crippen LogP contribution in [-0.2, 0) is 0 Å². The minimum atomic E-state index is -0.375. The minimum Gasteiger partial charge on any atom is -0.452 e. The average Bonchev–Trinajstić information content (AvgIpc) is 2.70. The Morgan fingerprint density at radius 1 is 1.59 bits per heavy atom. The molecule has 88 valence electrons. The Morgan fingerprint density at radius 2 is 2.35 bits per heavy atom. The van der Waals surface area contributed by atoms with E-state index in [1.807, 2.05) is 6.92 Å². The van der Waals surface area contributed by atoms with Gasteiger partial charge in [0.1, 0.15) is 5.82 Å². The lowest BCUT2D eigenvalue weighted by Crippen LogP contribution is -2.12. The first-order chi connectivity index (χ1) is 8.08. The first-order valence-electron chi connectivity index (χ1n) is 4.84. The zero-order chi connectivity index (χ0) is 12.4. The number of halogens is 1. The van der Waals surface area contributed by atoms with Crippen LogP contribution in [0.2, 0.25) is 5.22 Å². The molecule has 6 heteroatoms. The van der Waals surface area contributed by atoms with Crippen molar-refractivity contribution in [3.05, 3.63) is 40.9 Å². The molecule has 1 amide bonds. The molecule has 2 rings (SSSR count). The van der Waals surface area contributed by atoms with Crippen molar-refractivity contribution in [1.29, 1.82) is 0 Å². The van der Waals surface area contributed by atoms with Crippen LogP contribution in [0.3, 0.4) is 0 Å². The Kier molecular flexibility index (Phi) is 3.01. The molecule has 0 aliphatic carbocycles. The summed E-state index contributed by atoms with van der Waals surface area (Å²) in [5, 5.41) is 2.65. The molecule has 0 radical (unpaired) electrons. The van der Waals surface area contributed by atoms with Crippen LogP contribution in [0.25, 0.3) is 0 Å². The summed E-state index contributed by atoms with van der Waals surface area (Å²) in [6.45, 7) is 1.83. The lowest BCUT2D eigenvalue weighted by Gasteiger charge is -2.05. The van der Waals surface area contributed by atoms with Crippen molar-refractivity contribution in [2.75, 3.05) is 11.1 Å². The Hall–Kier alpha value is -2.01. The van der Waals surface area contributed by atoms with Gasteiger partial charge in [0.05, 0.1) is 23.7 Å². The molecule has 0 atom stereocenters. The quantitative estimate of drug-likeness (QED) is 0.859. The van der Waals surface area contributed by atoms with Crippen molar-refractivity contribution >= 4 is 29.0 Å². The molecule has 2 heterocycles. The summed E-state index contributed by atoms with van der Waals surface area (Å²) in [5.41, 5.74) is 7.31. The third-order valence-corrected chi connectivity index (χ3v) is 2.55. The molecule has 0 bridgehead atoms. The van der Waals surface area contributed by atoms with Crippen LogP contribution in [0, 0.1) is 6.92 Å². The molecule has 0 unspecified atom stereocenters. The van der Waals surface area contributed by atoms with Crippen LogP contribution in [0.5, 0.6) is 0 Å². The zero-order valence-electron chi connectivity index (χ0n) is 9.03. The van der Waals surface area contributed by atoms with Gasteiger partial charge in [0.15, 0.2) is 0 Å². The van der Waals surface area contributed by atoms with Gasteiger partial charge in [-0.1, -0.05) is 0 Å². The molecule has 0 saturated carbocycles. The van der Waals surface area contributed by atoms with Crippen LogP contribution >= 0.6 is 11.6 Å². The summed E-state index contributed by atoms with van der Waals surface area (Å²) in [5.74, 6) is 0.0411. The number of hydrogen-bond acceptors (Lipinski definition) is 4. The van der Waals surface area contributed by atoms with E-state index in [9.17, 15) is 4.79 Å². The van der Waals surface area contributed by atoms with Gasteiger partial charge in [-0.25, -0.2) is 4.98 Å². The number of carbonyl (C=O) groups excluding carboxylic acids is 1. The van der Waals surface area contributed by atoms with Gasteiger partial charge in [-0.05, 0) is 36.2 Å². The number of amides is 1. The van der Waals surface area contributed by atoms with Crippen molar-refractivity contribution in [2.24, 2.45) is 0 Å². The van der Waals surface area contributed by atoms with Crippen LogP contribution in [0.1, 0.15) is 15.9 Å². The number of nitrogens with one attached hydrogen (secondary N) is 1. The number of anilines is 2. The average molecular weight is 252 g/mol. The molecule has 0 spiro atoms. The third-order valence-electron chi connectivity index (χ3n) is 2.26. The van der Waals surface area contributed by atoms with E-state index >= 15 is 0 Å². The van der Waals surface area contributed by atoms with Gasteiger partial charge in [0.2, 0.25) is 5.22 Å². The molecular formula is C11H10ClN3O2. The van der Waals surface area contributed by atoms with Gasteiger partial charge in [0, 0.05) is 0 Å². The van der Waals surface area contributed by atoms with Crippen LogP contribution in [0.15, 0.2) is 29.0 Å². The summed E-state index contributed by atoms with van der Waals surface area (Å²) in [7, 11) is 0. The standard InChI is InChI=1S/C11H10ClN3O2/c1-6-4-9(14-5-8(6)13)15-11(16)7-2-3-17-10(7)12/h2-5H,13H2,1H3,(H,14,15,16). The van der Waals surface area contributed by atoms with E-state index < -0.39 is 0 Å². The first-order valence-corrected chi connectivity index (χ1v) is 5.22.